The van der Waals surface area contributed by atoms with Gasteiger partial charge in [0.1, 0.15) is 0 Å². The molecular weight excluding hydrogens is 368 g/mol. The van der Waals surface area contributed by atoms with E-state index in [1.807, 2.05) is 0 Å². The van der Waals surface area contributed by atoms with E-state index >= 15 is 0 Å². The lowest BCUT2D eigenvalue weighted by Crippen LogP contribution is -2.48. The molecule has 0 aromatic heterocycles. The third kappa shape index (κ3) is 4.17. The van der Waals surface area contributed by atoms with Gasteiger partial charge in [-0.2, -0.15) is 0 Å². The van der Waals surface area contributed by atoms with Crippen molar-refractivity contribution in [2.24, 2.45) is 5.41 Å². The number of hydrogen-bond donors (Lipinski definition) is 0. The van der Waals surface area contributed by atoms with Gasteiger partial charge in [-0.15, -0.1) is 0 Å². The van der Waals surface area contributed by atoms with E-state index in [2.05, 4.69) is 65.6 Å². The van der Waals surface area contributed by atoms with Crippen LogP contribution in [0, 0.1) is 5.41 Å². The first kappa shape index (κ1) is 19.6. The van der Waals surface area contributed by atoms with E-state index < -0.39 is 10.0 Å². The molecule has 2 aliphatic rings. The van der Waals surface area contributed by atoms with Crippen LogP contribution in [0.15, 0.2) is 60.7 Å². The highest BCUT2D eigenvalue weighted by molar-refractivity contribution is 7.88. The summed E-state index contributed by atoms with van der Waals surface area (Å²) in [6, 6.07) is 21.8. The predicted octanol–water partition coefficient (Wildman–Crippen LogP) is 3.91. The normalized spacial score (nSPS) is 21.2. The van der Waals surface area contributed by atoms with E-state index in [1.54, 1.807) is 4.31 Å². The third-order valence-corrected chi connectivity index (χ3v) is 8.01. The van der Waals surface area contributed by atoms with Crippen LogP contribution in [0.5, 0.6) is 0 Å². The highest BCUT2D eigenvalue weighted by atomic mass is 32.2. The predicted molar refractivity (Wildman–Crippen MR) is 114 cm³/mol. The fourth-order valence-corrected chi connectivity index (χ4v) is 5.78. The van der Waals surface area contributed by atoms with Crippen LogP contribution in [0.1, 0.15) is 42.9 Å². The minimum absolute atomic E-state index is 0.288. The maximum absolute atomic E-state index is 11.8. The van der Waals surface area contributed by atoms with Gasteiger partial charge in [-0.3, -0.25) is 4.90 Å². The molecule has 2 aromatic rings. The van der Waals surface area contributed by atoms with Crippen LogP contribution in [0.25, 0.3) is 0 Å². The topological polar surface area (TPSA) is 40.6 Å². The Morgan fingerprint density at radius 1 is 0.750 bits per heavy atom. The summed E-state index contributed by atoms with van der Waals surface area (Å²) in [6.45, 7) is 3.49. The van der Waals surface area contributed by atoms with E-state index in [-0.39, 0.29) is 6.04 Å². The van der Waals surface area contributed by atoms with Crippen LogP contribution in [-0.4, -0.2) is 50.1 Å². The average Bonchev–Trinajstić information content (AvgIpc) is 2.71. The Hall–Kier alpha value is -1.69. The lowest BCUT2D eigenvalue weighted by Gasteiger charge is -2.48. The Balaban J connectivity index is 1.48. The van der Waals surface area contributed by atoms with Crippen molar-refractivity contribution in [2.75, 3.05) is 32.4 Å². The van der Waals surface area contributed by atoms with Gasteiger partial charge in [0, 0.05) is 13.1 Å². The smallest absolute Gasteiger partial charge is 0.211 e. The van der Waals surface area contributed by atoms with Gasteiger partial charge in [0.15, 0.2) is 0 Å². The van der Waals surface area contributed by atoms with Gasteiger partial charge in [0.2, 0.25) is 10.0 Å². The number of nitrogens with zero attached hydrogens (tertiary/aromatic N) is 2. The fraction of sp³-hybridized carbons (Fsp3) is 0.478. The van der Waals surface area contributed by atoms with Gasteiger partial charge in [-0.25, -0.2) is 12.7 Å². The van der Waals surface area contributed by atoms with Crippen molar-refractivity contribution in [3.63, 3.8) is 0 Å². The third-order valence-electron chi connectivity index (χ3n) is 6.71. The molecule has 0 aliphatic carbocycles. The van der Waals surface area contributed by atoms with Gasteiger partial charge in [-0.1, -0.05) is 60.7 Å². The molecule has 28 heavy (non-hydrogen) atoms. The van der Waals surface area contributed by atoms with Crippen molar-refractivity contribution >= 4 is 10.0 Å². The number of piperidine rings is 2. The molecule has 0 radical (unpaired) electrons. The fourth-order valence-electron chi connectivity index (χ4n) is 4.93. The van der Waals surface area contributed by atoms with Gasteiger partial charge in [0.25, 0.3) is 0 Å². The molecule has 2 saturated heterocycles. The summed E-state index contributed by atoms with van der Waals surface area (Å²) in [7, 11) is -3.05. The standard InChI is InChI=1S/C23H30N2O2S/c1-28(26,27)25-18-14-23(15-19-25)12-16-24(17-13-23)22(20-8-4-2-5-9-20)21-10-6-3-7-11-21/h2-11,22H,12-19H2,1H3. The van der Waals surface area contributed by atoms with E-state index in [9.17, 15) is 8.42 Å². The summed E-state index contributed by atoms with van der Waals surface area (Å²) in [5.41, 5.74) is 3.00. The van der Waals surface area contributed by atoms with Crippen molar-refractivity contribution in [3.05, 3.63) is 71.8 Å². The Morgan fingerprint density at radius 2 is 1.18 bits per heavy atom. The van der Waals surface area contributed by atoms with Crippen molar-refractivity contribution in [1.29, 1.82) is 0 Å². The minimum Gasteiger partial charge on any atom is -0.292 e. The molecule has 0 saturated carbocycles. The van der Waals surface area contributed by atoms with Crippen LogP contribution in [0.4, 0.5) is 0 Å². The van der Waals surface area contributed by atoms with Gasteiger partial charge < -0.3 is 0 Å². The molecular formula is C23H30N2O2S. The molecule has 0 unspecified atom stereocenters. The lowest BCUT2D eigenvalue weighted by atomic mass is 9.71. The van der Waals surface area contributed by atoms with Crippen LogP contribution in [0.3, 0.4) is 0 Å². The van der Waals surface area contributed by atoms with Gasteiger partial charge in [-0.05, 0) is 55.3 Å². The molecule has 150 valence electrons. The molecule has 2 aliphatic heterocycles. The van der Waals surface area contributed by atoms with E-state index in [4.69, 9.17) is 0 Å². The summed E-state index contributed by atoms with van der Waals surface area (Å²) in [6.07, 6.45) is 5.63. The first-order valence-electron chi connectivity index (χ1n) is 10.3. The zero-order chi connectivity index (χ0) is 19.6. The Kier molecular flexibility index (Phi) is 5.59. The summed E-state index contributed by atoms with van der Waals surface area (Å²) in [5.74, 6) is 0. The second-order valence-corrected chi connectivity index (χ2v) is 10.4. The van der Waals surface area contributed by atoms with Crippen LogP contribution >= 0.6 is 0 Å². The van der Waals surface area contributed by atoms with E-state index in [0.29, 0.717) is 18.5 Å². The van der Waals surface area contributed by atoms with Crippen molar-refractivity contribution in [3.8, 4) is 0 Å². The minimum atomic E-state index is -3.05. The molecule has 0 bridgehead atoms. The van der Waals surface area contributed by atoms with Crippen molar-refractivity contribution < 1.29 is 8.42 Å². The molecule has 2 fully saturated rings. The summed E-state index contributed by atoms with van der Waals surface area (Å²) in [4.78, 5) is 2.61. The molecule has 1 spiro atoms. The Bertz CT molecular complexity index is 826. The molecule has 0 amide bonds. The summed E-state index contributed by atoms with van der Waals surface area (Å²) in [5, 5.41) is 0. The van der Waals surface area contributed by atoms with E-state index in [1.165, 1.54) is 17.4 Å². The van der Waals surface area contributed by atoms with Crippen LogP contribution in [-0.2, 0) is 10.0 Å². The first-order valence-corrected chi connectivity index (χ1v) is 12.1. The first-order chi connectivity index (χ1) is 13.5. The molecule has 4 rings (SSSR count). The maximum Gasteiger partial charge on any atom is 0.211 e. The SMILES string of the molecule is CS(=O)(=O)N1CCC2(CCN(C(c3ccccc3)c3ccccc3)CC2)CC1. The zero-order valence-corrected chi connectivity index (χ0v) is 17.4. The summed E-state index contributed by atoms with van der Waals surface area (Å²) < 4.78 is 25.3. The van der Waals surface area contributed by atoms with Crippen molar-refractivity contribution in [1.82, 2.24) is 9.21 Å². The lowest BCUT2D eigenvalue weighted by molar-refractivity contribution is 0.0436. The second-order valence-electron chi connectivity index (χ2n) is 8.42. The quantitative estimate of drug-likeness (QED) is 0.784. The number of benzene rings is 2. The average molecular weight is 399 g/mol. The monoisotopic (exact) mass is 398 g/mol. The summed E-state index contributed by atoms with van der Waals surface area (Å²) >= 11 is 0. The zero-order valence-electron chi connectivity index (χ0n) is 16.6. The highest BCUT2D eigenvalue weighted by Crippen LogP contribution is 2.44. The molecule has 0 atom stereocenters. The highest BCUT2D eigenvalue weighted by Gasteiger charge is 2.40. The van der Waals surface area contributed by atoms with Crippen LogP contribution in [0.2, 0.25) is 0 Å². The molecule has 2 aromatic carbocycles. The number of hydrogen-bond acceptors (Lipinski definition) is 3. The van der Waals surface area contributed by atoms with E-state index in [0.717, 1.165) is 38.8 Å². The maximum atomic E-state index is 11.8. The number of likely N-dealkylation sites (tertiary alicyclic amines) is 1. The van der Waals surface area contributed by atoms with Crippen molar-refractivity contribution in [2.45, 2.75) is 31.7 Å². The Labute approximate surface area is 169 Å². The van der Waals surface area contributed by atoms with Gasteiger partial charge >= 0.3 is 0 Å². The van der Waals surface area contributed by atoms with Gasteiger partial charge in [0.05, 0.1) is 12.3 Å². The largest absolute Gasteiger partial charge is 0.292 e. The second kappa shape index (κ2) is 7.97. The molecule has 0 N–H and O–H groups in total. The number of sulfonamides is 1. The molecule has 2 heterocycles. The molecule has 4 nitrogen and oxygen atoms in total. The van der Waals surface area contributed by atoms with Crippen LogP contribution < -0.4 is 0 Å². The number of rotatable bonds is 4. The Morgan fingerprint density at radius 3 is 1.61 bits per heavy atom. The molecule has 5 heteroatoms.